The highest BCUT2D eigenvalue weighted by molar-refractivity contribution is 6.30. The first kappa shape index (κ1) is 14.6. The lowest BCUT2D eigenvalue weighted by atomic mass is 10.2. The van der Waals surface area contributed by atoms with Crippen molar-refractivity contribution in [1.82, 2.24) is 5.32 Å². The standard InChI is InChI=1S/C13H15ClN2O4/c1-8(9-2-3-9)15-13(17)7-20-12-5-4-10(14)6-11(12)16(18)19/h4-6,8-9H,2-3,7H2,1H3,(H,15,17)/t8-/m1/s1. The second-order valence-corrected chi connectivity index (χ2v) is 5.29. The molecule has 0 bridgehead atoms. The first-order chi connectivity index (χ1) is 9.47. The Labute approximate surface area is 121 Å². The number of carbonyl (C=O) groups excluding carboxylic acids is 1. The Morgan fingerprint density at radius 2 is 2.30 bits per heavy atom. The number of nitrogens with one attached hydrogen (secondary N) is 1. The van der Waals surface area contributed by atoms with E-state index < -0.39 is 4.92 Å². The van der Waals surface area contributed by atoms with E-state index in [1.165, 1.54) is 18.2 Å². The molecule has 0 aromatic heterocycles. The summed E-state index contributed by atoms with van der Waals surface area (Å²) in [5.74, 6) is 0.297. The van der Waals surface area contributed by atoms with E-state index in [0.29, 0.717) is 5.92 Å². The highest BCUT2D eigenvalue weighted by Gasteiger charge is 2.29. The molecule has 0 heterocycles. The fraction of sp³-hybridized carbons (Fsp3) is 0.462. The van der Waals surface area contributed by atoms with Crippen LogP contribution in [-0.2, 0) is 4.79 Å². The second kappa shape index (κ2) is 6.09. The summed E-state index contributed by atoms with van der Waals surface area (Å²) in [6.45, 7) is 1.69. The van der Waals surface area contributed by atoms with Gasteiger partial charge in [-0.25, -0.2) is 0 Å². The quantitative estimate of drug-likeness (QED) is 0.646. The maximum atomic E-state index is 11.7. The maximum absolute atomic E-state index is 11.7. The summed E-state index contributed by atoms with van der Waals surface area (Å²) in [4.78, 5) is 21.9. The summed E-state index contributed by atoms with van der Waals surface area (Å²) in [6, 6.07) is 4.18. The van der Waals surface area contributed by atoms with Crippen molar-refractivity contribution in [3.8, 4) is 5.75 Å². The number of halogens is 1. The normalized spacial score (nSPS) is 15.5. The van der Waals surface area contributed by atoms with Crippen molar-refractivity contribution in [2.45, 2.75) is 25.8 Å². The van der Waals surface area contributed by atoms with E-state index in [2.05, 4.69) is 5.32 Å². The number of hydrogen-bond donors (Lipinski definition) is 1. The summed E-state index contributed by atoms with van der Waals surface area (Å²) in [6.07, 6.45) is 2.26. The molecule has 1 aromatic carbocycles. The number of rotatable bonds is 6. The summed E-state index contributed by atoms with van der Waals surface area (Å²) >= 11 is 5.69. The third-order valence-corrected chi connectivity index (χ3v) is 3.43. The molecule has 20 heavy (non-hydrogen) atoms. The van der Waals surface area contributed by atoms with Crippen LogP contribution >= 0.6 is 11.6 Å². The van der Waals surface area contributed by atoms with Crippen molar-refractivity contribution in [1.29, 1.82) is 0 Å². The summed E-state index contributed by atoms with van der Waals surface area (Å²) in [5, 5.41) is 13.9. The van der Waals surface area contributed by atoms with E-state index >= 15 is 0 Å². The van der Waals surface area contributed by atoms with Crippen LogP contribution in [0.2, 0.25) is 5.02 Å². The molecule has 0 radical (unpaired) electrons. The number of nitro groups is 1. The number of hydrogen-bond acceptors (Lipinski definition) is 4. The maximum Gasteiger partial charge on any atom is 0.312 e. The Hall–Kier alpha value is -1.82. The topological polar surface area (TPSA) is 81.5 Å². The van der Waals surface area contributed by atoms with Gasteiger partial charge in [0.25, 0.3) is 5.91 Å². The molecule has 0 spiro atoms. The molecule has 2 rings (SSSR count). The number of nitrogens with zero attached hydrogens (tertiary/aromatic N) is 1. The van der Waals surface area contributed by atoms with Gasteiger partial charge in [0.15, 0.2) is 12.4 Å². The summed E-state index contributed by atoms with van der Waals surface area (Å²) in [7, 11) is 0. The number of benzene rings is 1. The molecule has 1 N–H and O–H groups in total. The molecule has 108 valence electrons. The van der Waals surface area contributed by atoms with Crippen LogP contribution < -0.4 is 10.1 Å². The van der Waals surface area contributed by atoms with Crippen LogP contribution in [0.25, 0.3) is 0 Å². The van der Waals surface area contributed by atoms with E-state index in [1.807, 2.05) is 6.92 Å². The fourth-order valence-electron chi connectivity index (χ4n) is 1.91. The fourth-order valence-corrected chi connectivity index (χ4v) is 2.07. The van der Waals surface area contributed by atoms with Gasteiger partial charge in [-0.1, -0.05) is 11.6 Å². The lowest BCUT2D eigenvalue weighted by Gasteiger charge is -2.13. The molecule has 1 saturated carbocycles. The SMILES string of the molecule is C[C@@H](NC(=O)COc1ccc(Cl)cc1[N+](=O)[O-])C1CC1. The van der Waals surface area contributed by atoms with E-state index in [9.17, 15) is 14.9 Å². The minimum atomic E-state index is -0.591. The molecule has 1 fully saturated rings. The van der Waals surface area contributed by atoms with Gasteiger partial charge >= 0.3 is 5.69 Å². The molecular weight excluding hydrogens is 284 g/mol. The largest absolute Gasteiger partial charge is 0.477 e. The average molecular weight is 299 g/mol. The summed E-state index contributed by atoms with van der Waals surface area (Å²) in [5.41, 5.74) is -0.249. The van der Waals surface area contributed by atoms with Crippen LogP contribution in [0.5, 0.6) is 5.75 Å². The third-order valence-electron chi connectivity index (χ3n) is 3.19. The zero-order chi connectivity index (χ0) is 14.7. The molecule has 1 aliphatic rings. The molecule has 1 aromatic rings. The minimum absolute atomic E-state index is 0.0358. The monoisotopic (exact) mass is 298 g/mol. The van der Waals surface area contributed by atoms with Crippen molar-refractivity contribution < 1.29 is 14.5 Å². The third kappa shape index (κ3) is 3.84. The number of amides is 1. The van der Waals surface area contributed by atoms with E-state index in [1.54, 1.807) is 0 Å². The molecule has 0 saturated heterocycles. The predicted octanol–water partition coefficient (Wildman–Crippen LogP) is 2.54. The Balaban J connectivity index is 1.92. The van der Waals surface area contributed by atoms with Crippen LogP contribution in [-0.4, -0.2) is 23.5 Å². The lowest BCUT2D eigenvalue weighted by molar-refractivity contribution is -0.385. The van der Waals surface area contributed by atoms with Crippen molar-refractivity contribution in [2.75, 3.05) is 6.61 Å². The highest BCUT2D eigenvalue weighted by Crippen LogP contribution is 2.32. The molecule has 1 atom stereocenters. The van der Waals surface area contributed by atoms with Gasteiger partial charge in [-0.15, -0.1) is 0 Å². The highest BCUT2D eigenvalue weighted by atomic mass is 35.5. The lowest BCUT2D eigenvalue weighted by Crippen LogP contribution is -2.37. The molecule has 0 unspecified atom stereocenters. The van der Waals surface area contributed by atoms with Crippen molar-refractivity contribution in [3.05, 3.63) is 33.3 Å². The molecular formula is C13H15ClN2O4. The first-order valence-electron chi connectivity index (χ1n) is 6.33. The molecule has 1 amide bonds. The Kier molecular flexibility index (Phi) is 4.44. The van der Waals surface area contributed by atoms with Crippen LogP contribution in [0.1, 0.15) is 19.8 Å². The Bertz CT molecular complexity index is 531. The second-order valence-electron chi connectivity index (χ2n) is 4.85. The Morgan fingerprint density at radius 3 is 2.90 bits per heavy atom. The molecule has 7 heteroatoms. The van der Waals surface area contributed by atoms with E-state index in [-0.39, 0.29) is 35.0 Å². The number of carbonyl (C=O) groups is 1. The number of nitro benzene ring substituents is 1. The van der Waals surface area contributed by atoms with Crippen molar-refractivity contribution in [2.24, 2.45) is 5.92 Å². The van der Waals surface area contributed by atoms with Gasteiger partial charge < -0.3 is 10.1 Å². The van der Waals surface area contributed by atoms with Crippen LogP contribution in [0.3, 0.4) is 0 Å². The number of ether oxygens (including phenoxy) is 1. The van der Waals surface area contributed by atoms with E-state index in [4.69, 9.17) is 16.3 Å². The minimum Gasteiger partial charge on any atom is -0.477 e. The average Bonchev–Trinajstić information content (AvgIpc) is 3.21. The predicted molar refractivity (Wildman–Crippen MR) is 73.9 cm³/mol. The molecule has 0 aliphatic heterocycles. The summed E-state index contributed by atoms with van der Waals surface area (Å²) < 4.78 is 5.20. The van der Waals surface area contributed by atoms with Gasteiger partial charge in [-0.3, -0.25) is 14.9 Å². The van der Waals surface area contributed by atoms with E-state index in [0.717, 1.165) is 12.8 Å². The van der Waals surface area contributed by atoms with Gasteiger partial charge in [-0.05, 0) is 37.8 Å². The Morgan fingerprint density at radius 1 is 1.60 bits per heavy atom. The zero-order valence-corrected chi connectivity index (χ0v) is 11.7. The zero-order valence-electron chi connectivity index (χ0n) is 11.0. The van der Waals surface area contributed by atoms with Crippen LogP contribution in [0, 0.1) is 16.0 Å². The molecule has 6 nitrogen and oxygen atoms in total. The van der Waals surface area contributed by atoms with Gasteiger partial charge in [0.05, 0.1) is 4.92 Å². The van der Waals surface area contributed by atoms with Crippen LogP contribution in [0.4, 0.5) is 5.69 Å². The smallest absolute Gasteiger partial charge is 0.312 e. The van der Waals surface area contributed by atoms with Gasteiger partial charge in [0, 0.05) is 17.1 Å². The van der Waals surface area contributed by atoms with Crippen molar-refractivity contribution >= 4 is 23.2 Å². The van der Waals surface area contributed by atoms with Gasteiger partial charge in [0.1, 0.15) is 0 Å². The van der Waals surface area contributed by atoms with Gasteiger partial charge in [0.2, 0.25) is 0 Å². The molecule has 1 aliphatic carbocycles. The van der Waals surface area contributed by atoms with Crippen LogP contribution in [0.15, 0.2) is 18.2 Å². The van der Waals surface area contributed by atoms with Gasteiger partial charge in [-0.2, -0.15) is 0 Å². The van der Waals surface area contributed by atoms with Crippen molar-refractivity contribution in [3.63, 3.8) is 0 Å². The first-order valence-corrected chi connectivity index (χ1v) is 6.71.